The lowest BCUT2D eigenvalue weighted by atomic mass is 9.53. The van der Waals surface area contributed by atoms with E-state index >= 15 is 0 Å². The number of allylic oxidation sites excluding steroid dienone is 1. The number of nitrogens with zero attached hydrogens (tertiary/aromatic N) is 1. The summed E-state index contributed by atoms with van der Waals surface area (Å²) in [6.07, 6.45) is 1.87. The van der Waals surface area contributed by atoms with Crippen molar-refractivity contribution in [1.82, 2.24) is 4.90 Å². The molecule has 1 heterocycles. The number of Topliss-reactive ketones (excluding diaryl/α,β-unsaturated/α-hetero) is 1. The minimum absolute atomic E-state index is 0.0376. The molecular formula is C20H25NO5. The molecule has 0 amide bonds. The van der Waals surface area contributed by atoms with Gasteiger partial charge in [0.15, 0.2) is 17.3 Å². The molecule has 4 rings (SSSR count). The van der Waals surface area contributed by atoms with E-state index in [0.29, 0.717) is 23.7 Å². The number of benzene rings is 1. The van der Waals surface area contributed by atoms with Crippen molar-refractivity contribution in [3.63, 3.8) is 0 Å². The summed E-state index contributed by atoms with van der Waals surface area (Å²) in [7, 11) is 6.77. The summed E-state index contributed by atoms with van der Waals surface area (Å²) in [4.78, 5) is 15.2. The van der Waals surface area contributed by atoms with Crippen LogP contribution in [0.2, 0.25) is 0 Å². The van der Waals surface area contributed by atoms with Gasteiger partial charge in [0, 0.05) is 29.4 Å². The first kappa shape index (κ1) is 17.2. The van der Waals surface area contributed by atoms with Crippen LogP contribution < -0.4 is 4.74 Å². The number of likely N-dealkylation sites (N-methyl/N-ethyl adjacent to an activating group) is 1. The molecule has 6 nitrogen and oxygen atoms in total. The van der Waals surface area contributed by atoms with Crippen LogP contribution in [0.15, 0.2) is 23.7 Å². The third kappa shape index (κ3) is 2.05. The molecule has 6 heteroatoms. The average Bonchev–Trinajstić information content (AvgIpc) is 2.63. The van der Waals surface area contributed by atoms with Gasteiger partial charge in [-0.05, 0) is 38.1 Å². The average molecular weight is 359 g/mol. The molecule has 3 atom stereocenters. The van der Waals surface area contributed by atoms with Crippen molar-refractivity contribution >= 4 is 5.78 Å². The number of phenolic OH excluding ortho intramolecular Hbond substituents is 1. The lowest BCUT2D eigenvalue weighted by Gasteiger charge is -2.57. The number of aromatic hydroxyl groups is 1. The van der Waals surface area contributed by atoms with Gasteiger partial charge in [0.2, 0.25) is 5.78 Å². The summed E-state index contributed by atoms with van der Waals surface area (Å²) in [6.45, 7) is 0.865. The summed E-state index contributed by atoms with van der Waals surface area (Å²) >= 11 is 0. The number of rotatable bonds is 3. The van der Waals surface area contributed by atoms with E-state index in [1.807, 2.05) is 6.07 Å². The molecule has 140 valence electrons. The Balaban J connectivity index is 2.02. The number of hydrogen-bond acceptors (Lipinski definition) is 6. The van der Waals surface area contributed by atoms with Crippen LogP contribution >= 0.6 is 0 Å². The molecule has 0 aromatic heterocycles. The van der Waals surface area contributed by atoms with E-state index in [0.717, 1.165) is 30.5 Å². The minimum Gasteiger partial charge on any atom is -0.504 e. The van der Waals surface area contributed by atoms with E-state index < -0.39 is 5.41 Å². The summed E-state index contributed by atoms with van der Waals surface area (Å²) in [6, 6.07) is 4.01. The van der Waals surface area contributed by atoms with Crippen molar-refractivity contribution in [2.24, 2.45) is 5.92 Å². The van der Waals surface area contributed by atoms with Crippen molar-refractivity contribution in [2.75, 3.05) is 34.9 Å². The molecule has 1 aliphatic heterocycles. The molecule has 0 saturated carbocycles. The maximum atomic E-state index is 12.9. The zero-order valence-electron chi connectivity index (χ0n) is 15.7. The fourth-order valence-electron chi connectivity index (χ4n) is 5.40. The number of phenols is 1. The second kappa shape index (κ2) is 5.91. The van der Waals surface area contributed by atoms with Crippen LogP contribution in [-0.4, -0.2) is 56.8 Å². The maximum Gasteiger partial charge on any atom is 0.201 e. The van der Waals surface area contributed by atoms with Crippen molar-refractivity contribution in [3.8, 4) is 11.5 Å². The van der Waals surface area contributed by atoms with Crippen LogP contribution in [-0.2, 0) is 26.1 Å². The SMILES string of the molecule is COC1=C(OC)[C@@H]2[C@H]3Cc4ccc(OC)c(O)c4[C@]2(CCN3C)CC1=O. The molecule has 26 heavy (non-hydrogen) atoms. The summed E-state index contributed by atoms with van der Waals surface area (Å²) < 4.78 is 16.5. The Morgan fingerprint density at radius 2 is 1.96 bits per heavy atom. The molecule has 0 radical (unpaired) electrons. The quantitative estimate of drug-likeness (QED) is 0.890. The van der Waals surface area contributed by atoms with Crippen LogP contribution in [0.3, 0.4) is 0 Å². The molecule has 2 aliphatic carbocycles. The number of likely N-dealkylation sites (tertiary alicyclic amines) is 1. The Morgan fingerprint density at radius 1 is 1.19 bits per heavy atom. The first-order valence-electron chi connectivity index (χ1n) is 8.93. The summed E-state index contributed by atoms with van der Waals surface area (Å²) in [5.41, 5.74) is 1.44. The minimum atomic E-state index is -0.492. The third-order valence-corrected chi connectivity index (χ3v) is 6.49. The Morgan fingerprint density at radius 3 is 2.62 bits per heavy atom. The molecule has 3 aliphatic rings. The molecule has 1 aromatic rings. The molecule has 1 fully saturated rings. The zero-order valence-corrected chi connectivity index (χ0v) is 15.7. The lowest BCUT2D eigenvalue weighted by Crippen LogP contribution is -2.61. The van der Waals surface area contributed by atoms with E-state index in [1.54, 1.807) is 20.3 Å². The number of ether oxygens (including phenoxy) is 3. The highest BCUT2D eigenvalue weighted by Gasteiger charge is 2.60. The summed E-state index contributed by atoms with van der Waals surface area (Å²) in [5.74, 6) is 1.42. The molecule has 0 unspecified atom stereocenters. The van der Waals surface area contributed by atoms with Gasteiger partial charge in [-0.3, -0.25) is 4.79 Å². The van der Waals surface area contributed by atoms with Gasteiger partial charge in [0.1, 0.15) is 5.76 Å². The normalized spacial score (nSPS) is 30.5. The smallest absolute Gasteiger partial charge is 0.201 e. The second-order valence-electron chi connectivity index (χ2n) is 7.49. The highest BCUT2D eigenvalue weighted by atomic mass is 16.5. The number of ketones is 1. The van der Waals surface area contributed by atoms with Crippen molar-refractivity contribution in [1.29, 1.82) is 0 Å². The fourth-order valence-corrected chi connectivity index (χ4v) is 5.40. The van der Waals surface area contributed by atoms with Gasteiger partial charge >= 0.3 is 0 Å². The Hall–Kier alpha value is -2.21. The van der Waals surface area contributed by atoms with Gasteiger partial charge in [0.05, 0.1) is 21.3 Å². The lowest BCUT2D eigenvalue weighted by molar-refractivity contribution is -0.125. The molecule has 1 aromatic carbocycles. The Kier molecular flexibility index (Phi) is 3.91. The number of fused-ring (bicyclic) bond motifs is 1. The Bertz CT molecular complexity index is 802. The van der Waals surface area contributed by atoms with E-state index in [1.165, 1.54) is 7.11 Å². The van der Waals surface area contributed by atoms with E-state index in [2.05, 4.69) is 11.9 Å². The molecule has 2 bridgehead atoms. The van der Waals surface area contributed by atoms with Gasteiger partial charge in [-0.15, -0.1) is 0 Å². The standard InChI is InChI=1S/C20H25NO5/c1-21-8-7-20-10-13(22)18(25-3)19(26-4)16(20)12(21)9-11-5-6-14(24-2)17(23)15(11)20/h5-6,12,16,23H,7-10H2,1-4H3/t12-,16+,20+/m1/s1. The topological polar surface area (TPSA) is 68.2 Å². The number of piperidine rings is 1. The Labute approximate surface area is 153 Å². The van der Waals surface area contributed by atoms with Crippen LogP contribution in [0.25, 0.3) is 0 Å². The zero-order chi connectivity index (χ0) is 18.6. The fraction of sp³-hybridized carbons (Fsp3) is 0.550. The van der Waals surface area contributed by atoms with Crippen molar-refractivity contribution in [3.05, 3.63) is 34.8 Å². The molecule has 1 saturated heterocycles. The number of methoxy groups -OCH3 is 3. The summed E-state index contributed by atoms with van der Waals surface area (Å²) in [5, 5.41) is 11.0. The first-order valence-corrected chi connectivity index (χ1v) is 8.93. The van der Waals surface area contributed by atoms with Gasteiger partial charge < -0.3 is 24.2 Å². The molecule has 0 spiro atoms. The highest BCUT2D eigenvalue weighted by molar-refractivity contribution is 5.96. The highest BCUT2D eigenvalue weighted by Crippen LogP contribution is 2.59. The second-order valence-corrected chi connectivity index (χ2v) is 7.49. The van der Waals surface area contributed by atoms with E-state index in [4.69, 9.17) is 14.2 Å². The first-order chi connectivity index (χ1) is 12.5. The largest absolute Gasteiger partial charge is 0.504 e. The number of carbonyl (C=O) groups excluding carboxylic acids is 1. The van der Waals surface area contributed by atoms with Crippen LogP contribution in [0.1, 0.15) is 24.0 Å². The van der Waals surface area contributed by atoms with Crippen LogP contribution in [0, 0.1) is 5.92 Å². The molecular weight excluding hydrogens is 334 g/mol. The monoisotopic (exact) mass is 359 g/mol. The van der Waals surface area contributed by atoms with Gasteiger partial charge in [-0.1, -0.05) is 6.07 Å². The van der Waals surface area contributed by atoms with E-state index in [9.17, 15) is 9.90 Å². The molecule has 1 N–H and O–H groups in total. The van der Waals surface area contributed by atoms with Gasteiger partial charge in [-0.2, -0.15) is 0 Å². The predicted molar refractivity (Wildman–Crippen MR) is 95.2 cm³/mol. The van der Waals surface area contributed by atoms with Gasteiger partial charge in [0.25, 0.3) is 0 Å². The number of carbonyl (C=O) groups is 1. The maximum absolute atomic E-state index is 12.9. The van der Waals surface area contributed by atoms with Crippen molar-refractivity contribution < 1.29 is 24.1 Å². The van der Waals surface area contributed by atoms with Gasteiger partial charge in [-0.25, -0.2) is 0 Å². The number of hydrogen-bond donors (Lipinski definition) is 1. The van der Waals surface area contributed by atoms with Crippen molar-refractivity contribution in [2.45, 2.75) is 30.7 Å². The van der Waals surface area contributed by atoms with Crippen LogP contribution in [0.4, 0.5) is 0 Å². The third-order valence-electron chi connectivity index (χ3n) is 6.49. The van der Waals surface area contributed by atoms with E-state index in [-0.39, 0.29) is 23.5 Å². The van der Waals surface area contributed by atoms with Crippen LogP contribution in [0.5, 0.6) is 11.5 Å². The predicted octanol–water partition coefficient (Wildman–Crippen LogP) is 1.99.